The highest BCUT2D eigenvalue weighted by Gasteiger charge is 2.28. The molecule has 1 N–H and O–H groups in total. The summed E-state index contributed by atoms with van der Waals surface area (Å²) in [7, 11) is -3.64. The molecule has 0 bridgehead atoms. The van der Waals surface area contributed by atoms with Gasteiger partial charge in [-0.15, -0.1) is 0 Å². The zero-order valence-electron chi connectivity index (χ0n) is 17.9. The minimum absolute atomic E-state index is 0.0689. The number of halogens is 1. The Labute approximate surface area is 197 Å². The fourth-order valence-corrected chi connectivity index (χ4v) is 5.49. The molecule has 172 valence electrons. The van der Waals surface area contributed by atoms with Gasteiger partial charge in [-0.1, -0.05) is 41.9 Å². The van der Waals surface area contributed by atoms with Crippen LogP contribution in [0.1, 0.15) is 34.3 Å². The van der Waals surface area contributed by atoms with Crippen LogP contribution in [0.5, 0.6) is 0 Å². The van der Waals surface area contributed by atoms with Crippen LogP contribution in [0, 0.1) is 0 Å². The van der Waals surface area contributed by atoms with Gasteiger partial charge in [-0.05, 0) is 48.2 Å². The van der Waals surface area contributed by atoms with Gasteiger partial charge < -0.3 is 9.88 Å². The fourth-order valence-electron chi connectivity index (χ4n) is 3.74. The maximum Gasteiger partial charge on any atom is 0.253 e. The summed E-state index contributed by atoms with van der Waals surface area (Å²) in [5.41, 5.74) is 1.88. The maximum atomic E-state index is 12.8. The average Bonchev–Trinajstić information content (AvgIpc) is 3.36. The van der Waals surface area contributed by atoms with E-state index in [1.807, 2.05) is 30.3 Å². The van der Waals surface area contributed by atoms with Crippen LogP contribution in [0.25, 0.3) is 0 Å². The number of rotatable bonds is 7. The second kappa shape index (κ2) is 9.91. The zero-order chi connectivity index (χ0) is 23.4. The molecule has 2 heterocycles. The van der Waals surface area contributed by atoms with Gasteiger partial charge in [0.05, 0.1) is 22.0 Å². The Morgan fingerprint density at radius 3 is 2.36 bits per heavy atom. The SMILES string of the molecule is O=C(NCc1ccc(Cn2ccccc2=O)cc1)c1cc(S(=O)(=O)N2CCCC2)ccc1Cl. The Kier molecular flexibility index (Phi) is 6.97. The quantitative estimate of drug-likeness (QED) is 0.556. The Balaban J connectivity index is 1.42. The molecule has 4 rings (SSSR count). The van der Waals surface area contributed by atoms with Gasteiger partial charge in [0.15, 0.2) is 0 Å². The Morgan fingerprint density at radius 2 is 1.67 bits per heavy atom. The number of carbonyl (C=O) groups excluding carboxylic acids is 1. The van der Waals surface area contributed by atoms with Gasteiger partial charge in [0.2, 0.25) is 10.0 Å². The molecule has 1 fully saturated rings. The van der Waals surface area contributed by atoms with E-state index in [1.54, 1.807) is 16.8 Å². The van der Waals surface area contributed by atoms with Crippen molar-refractivity contribution < 1.29 is 13.2 Å². The highest BCUT2D eigenvalue weighted by molar-refractivity contribution is 7.89. The molecule has 1 aliphatic heterocycles. The molecule has 0 aliphatic carbocycles. The molecule has 1 amide bonds. The topological polar surface area (TPSA) is 88.5 Å². The first-order chi connectivity index (χ1) is 15.8. The molecule has 33 heavy (non-hydrogen) atoms. The molecule has 3 aromatic rings. The summed E-state index contributed by atoms with van der Waals surface area (Å²) in [6, 6.07) is 16.8. The predicted molar refractivity (Wildman–Crippen MR) is 127 cm³/mol. The molecule has 0 atom stereocenters. The van der Waals surface area contributed by atoms with Crippen molar-refractivity contribution >= 4 is 27.5 Å². The molecule has 9 heteroatoms. The summed E-state index contributed by atoms with van der Waals surface area (Å²) < 4.78 is 28.7. The van der Waals surface area contributed by atoms with Crippen molar-refractivity contribution in [2.24, 2.45) is 0 Å². The van der Waals surface area contributed by atoms with E-state index in [-0.39, 0.29) is 27.6 Å². The second-order valence-electron chi connectivity index (χ2n) is 7.92. The van der Waals surface area contributed by atoms with Gasteiger partial charge in [-0.25, -0.2) is 8.42 Å². The van der Waals surface area contributed by atoms with Crippen molar-refractivity contribution in [2.75, 3.05) is 13.1 Å². The minimum Gasteiger partial charge on any atom is -0.348 e. The molecule has 0 unspecified atom stereocenters. The highest BCUT2D eigenvalue weighted by atomic mass is 35.5. The summed E-state index contributed by atoms with van der Waals surface area (Å²) in [4.78, 5) is 24.7. The van der Waals surface area contributed by atoms with Crippen LogP contribution in [-0.2, 0) is 23.1 Å². The van der Waals surface area contributed by atoms with Gasteiger partial charge >= 0.3 is 0 Å². The summed E-state index contributed by atoms with van der Waals surface area (Å²) in [5.74, 6) is -0.446. The highest BCUT2D eigenvalue weighted by Crippen LogP contribution is 2.25. The Bertz CT molecular complexity index is 1310. The summed E-state index contributed by atoms with van der Waals surface area (Å²) in [6.07, 6.45) is 3.40. The van der Waals surface area contributed by atoms with Crippen molar-refractivity contribution in [3.63, 3.8) is 0 Å². The van der Waals surface area contributed by atoms with E-state index < -0.39 is 15.9 Å². The molecule has 1 saturated heterocycles. The van der Waals surface area contributed by atoms with Crippen molar-refractivity contribution in [2.45, 2.75) is 30.8 Å². The summed E-state index contributed by atoms with van der Waals surface area (Å²) >= 11 is 6.20. The Hall–Kier alpha value is -2.94. The number of benzene rings is 2. The van der Waals surface area contributed by atoms with E-state index in [1.165, 1.54) is 28.6 Å². The van der Waals surface area contributed by atoms with Crippen molar-refractivity contribution in [3.8, 4) is 0 Å². The largest absolute Gasteiger partial charge is 0.348 e. The standard InChI is InChI=1S/C24H24ClN3O4S/c25-22-11-10-20(33(31,32)28-13-3-4-14-28)15-21(22)24(30)26-16-18-6-8-19(9-7-18)17-27-12-2-1-5-23(27)29/h1-2,5-12,15H,3-4,13-14,16-17H2,(H,26,30). The third-order valence-corrected chi connectivity index (χ3v) is 7.84. The number of hydrogen-bond donors (Lipinski definition) is 1. The lowest BCUT2D eigenvalue weighted by Crippen LogP contribution is -2.28. The van der Waals surface area contributed by atoms with Crippen LogP contribution in [0.2, 0.25) is 5.02 Å². The van der Waals surface area contributed by atoms with Gasteiger partial charge in [-0.2, -0.15) is 4.31 Å². The number of carbonyl (C=O) groups is 1. The number of aromatic nitrogens is 1. The van der Waals surface area contributed by atoms with Crippen LogP contribution < -0.4 is 10.9 Å². The molecule has 0 spiro atoms. The van der Waals surface area contributed by atoms with Crippen molar-refractivity contribution in [1.82, 2.24) is 14.2 Å². The maximum absolute atomic E-state index is 12.8. The van der Waals surface area contributed by atoms with Crippen LogP contribution >= 0.6 is 11.6 Å². The van der Waals surface area contributed by atoms with Gasteiger partial charge in [0.1, 0.15) is 0 Å². The number of sulfonamides is 1. The van der Waals surface area contributed by atoms with Crippen LogP contribution in [-0.4, -0.2) is 36.3 Å². The van der Waals surface area contributed by atoms with Gasteiger partial charge in [0.25, 0.3) is 11.5 Å². The van der Waals surface area contributed by atoms with Gasteiger partial charge in [0, 0.05) is 31.9 Å². The average molecular weight is 486 g/mol. The molecule has 7 nitrogen and oxygen atoms in total. The fraction of sp³-hybridized carbons (Fsp3) is 0.250. The number of pyridine rings is 1. The third kappa shape index (κ3) is 5.35. The smallest absolute Gasteiger partial charge is 0.253 e. The number of nitrogens with zero attached hydrogens (tertiary/aromatic N) is 2. The van der Waals surface area contributed by atoms with Crippen LogP contribution in [0.3, 0.4) is 0 Å². The van der Waals surface area contributed by atoms with Crippen LogP contribution in [0.15, 0.2) is 76.6 Å². The molecule has 0 radical (unpaired) electrons. The monoisotopic (exact) mass is 485 g/mol. The number of nitrogens with one attached hydrogen (secondary N) is 1. The molecule has 0 saturated carbocycles. The first-order valence-corrected chi connectivity index (χ1v) is 12.5. The van der Waals surface area contributed by atoms with Crippen LogP contribution in [0.4, 0.5) is 0 Å². The van der Waals surface area contributed by atoms with Crippen molar-refractivity contribution in [3.05, 3.63) is 98.9 Å². The number of hydrogen-bond acceptors (Lipinski definition) is 4. The first kappa shape index (κ1) is 23.2. The molecule has 1 aromatic heterocycles. The lowest BCUT2D eigenvalue weighted by atomic mass is 10.1. The number of amides is 1. The summed E-state index contributed by atoms with van der Waals surface area (Å²) in [6.45, 7) is 1.69. The van der Waals surface area contributed by atoms with E-state index in [2.05, 4.69) is 5.32 Å². The first-order valence-electron chi connectivity index (χ1n) is 10.7. The lowest BCUT2D eigenvalue weighted by molar-refractivity contribution is 0.0951. The molecule has 2 aromatic carbocycles. The molecule has 1 aliphatic rings. The zero-order valence-corrected chi connectivity index (χ0v) is 19.5. The molecular formula is C24H24ClN3O4S. The lowest BCUT2D eigenvalue weighted by Gasteiger charge is -2.16. The van der Waals surface area contributed by atoms with E-state index in [0.717, 1.165) is 24.0 Å². The van der Waals surface area contributed by atoms with E-state index in [9.17, 15) is 18.0 Å². The summed E-state index contributed by atoms with van der Waals surface area (Å²) in [5, 5.41) is 2.99. The predicted octanol–water partition coefficient (Wildman–Crippen LogP) is 3.26. The molecular weight excluding hydrogens is 462 g/mol. The van der Waals surface area contributed by atoms with Gasteiger partial charge in [-0.3, -0.25) is 9.59 Å². The normalized spacial score (nSPS) is 14.3. The minimum atomic E-state index is -3.64. The van der Waals surface area contributed by atoms with Crippen molar-refractivity contribution in [1.29, 1.82) is 0 Å². The van der Waals surface area contributed by atoms with E-state index in [4.69, 9.17) is 11.6 Å². The van der Waals surface area contributed by atoms with E-state index >= 15 is 0 Å². The third-order valence-electron chi connectivity index (χ3n) is 5.61. The second-order valence-corrected chi connectivity index (χ2v) is 10.3. The Morgan fingerprint density at radius 1 is 0.970 bits per heavy atom. The van der Waals surface area contributed by atoms with E-state index in [0.29, 0.717) is 19.6 Å².